The van der Waals surface area contributed by atoms with Crippen LogP contribution in [0.1, 0.15) is 29.9 Å². The van der Waals surface area contributed by atoms with Gasteiger partial charge in [-0.3, -0.25) is 0 Å². The number of nitrogens with zero attached hydrogens (tertiary/aromatic N) is 3. The smallest absolute Gasteiger partial charge is 0.270 e. The zero-order valence-corrected chi connectivity index (χ0v) is 12.4. The summed E-state index contributed by atoms with van der Waals surface area (Å²) < 4.78 is 5.45. The van der Waals surface area contributed by atoms with Crippen molar-refractivity contribution in [1.82, 2.24) is 15.1 Å². The van der Waals surface area contributed by atoms with Gasteiger partial charge in [-0.05, 0) is 25.3 Å². The van der Waals surface area contributed by atoms with Gasteiger partial charge >= 0.3 is 0 Å². The average Bonchev–Trinajstić information content (AvgIpc) is 3.03. The Bertz CT molecular complexity index is 789. The maximum Gasteiger partial charge on any atom is 0.270 e. The van der Waals surface area contributed by atoms with Crippen LogP contribution in [0, 0.1) is 6.92 Å². The second-order valence-corrected chi connectivity index (χ2v) is 6.37. The Morgan fingerprint density at radius 2 is 1.95 bits per heavy atom. The Balaban J connectivity index is 1.74. The van der Waals surface area contributed by atoms with E-state index in [2.05, 4.69) is 27.3 Å². The monoisotopic (exact) mass is 298 g/mol. The zero-order chi connectivity index (χ0) is 14.4. The van der Waals surface area contributed by atoms with E-state index < -0.39 is 0 Å². The molecule has 2 heterocycles. The van der Waals surface area contributed by atoms with Gasteiger partial charge in [0.05, 0.1) is 11.1 Å². The fourth-order valence-corrected chi connectivity index (χ4v) is 3.40. The largest absolute Gasteiger partial charge is 0.375 e. The summed E-state index contributed by atoms with van der Waals surface area (Å²) in [6, 6.07) is 10.4. The first-order valence-corrected chi connectivity index (χ1v) is 7.64. The van der Waals surface area contributed by atoms with Crippen LogP contribution >= 0.6 is 11.3 Å². The maximum absolute atomic E-state index is 5.73. The molecule has 0 spiro atoms. The summed E-state index contributed by atoms with van der Waals surface area (Å²) in [5.74, 6) is 1.27. The summed E-state index contributed by atoms with van der Waals surface area (Å²) in [6.07, 6.45) is 2.11. The first-order chi connectivity index (χ1) is 10.2. The van der Waals surface area contributed by atoms with Crippen LogP contribution in [-0.4, -0.2) is 15.1 Å². The van der Waals surface area contributed by atoms with Crippen LogP contribution in [-0.2, 0) is 5.41 Å². The fraction of sp³-hybridized carbons (Fsp3) is 0.267. The third-order valence-electron chi connectivity index (χ3n) is 3.94. The van der Waals surface area contributed by atoms with E-state index >= 15 is 0 Å². The SMILES string of the molecule is Cc1nc(N)sc1-c1nc(C2(c3ccccc3)CC2)no1. The molecule has 2 N–H and O–H groups in total. The molecule has 5 nitrogen and oxygen atoms in total. The summed E-state index contributed by atoms with van der Waals surface area (Å²) in [6.45, 7) is 1.90. The zero-order valence-electron chi connectivity index (χ0n) is 11.5. The molecule has 0 aliphatic heterocycles. The van der Waals surface area contributed by atoms with Crippen molar-refractivity contribution in [2.45, 2.75) is 25.2 Å². The third-order valence-corrected chi connectivity index (χ3v) is 4.91. The summed E-state index contributed by atoms with van der Waals surface area (Å²) >= 11 is 1.38. The lowest BCUT2D eigenvalue weighted by Gasteiger charge is -2.09. The molecule has 1 fully saturated rings. The Morgan fingerprint density at radius 3 is 2.57 bits per heavy atom. The lowest BCUT2D eigenvalue weighted by molar-refractivity contribution is 0.418. The van der Waals surface area contributed by atoms with E-state index in [1.54, 1.807) is 0 Å². The van der Waals surface area contributed by atoms with Crippen LogP contribution in [0.4, 0.5) is 5.13 Å². The number of anilines is 1. The molecular formula is C15H14N4OS. The number of hydrogen-bond donors (Lipinski definition) is 1. The molecule has 1 aromatic carbocycles. The number of nitrogens with two attached hydrogens (primary N) is 1. The second-order valence-electron chi connectivity index (χ2n) is 5.34. The Kier molecular flexibility index (Phi) is 2.62. The molecule has 0 amide bonds. The van der Waals surface area contributed by atoms with Crippen molar-refractivity contribution in [1.29, 1.82) is 0 Å². The number of rotatable bonds is 3. The van der Waals surface area contributed by atoms with Crippen LogP contribution in [0.5, 0.6) is 0 Å². The lowest BCUT2D eigenvalue weighted by atomic mass is 9.95. The highest BCUT2D eigenvalue weighted by Gasteiger charge is 2.50. The van der Waals surface area contributed by atoms with Crippen LogP contribution in [0.25, 0.3) is 10.8 Å². The number of nitrogen functional groups attached to an aromatic ring is 1. The molecule has 0 atom stereocenters. The van der Waals surface area contributed by atoms with Crippen LogP contribution in [0.2, 0.25) is 0 Å². The summed E-state index contributed by atoms with van der Waals surface area (Å²) in [5.41, 5.74) is 7.73. The van der Waals surface area contributed by atoms with E-state index in [0.29, 0.717) is 11.0 Å². The van der Waals surface area contributed by atoms with Crippen molar-refractivity contribution in [2.75, 3.05) is 5.73 Å². The molecule has 0 bridgehead atoms. The molecule has 2 aromatic heterocycles. The van der Waals surface area contributed by atoms with E-state index in [1.807, 2.05) is 25.1 Å². The van der Waals surface area contributed by atoms with Crippen molar-refractivity contribution < 1.29 is 4.52 Å². The molecule has 0 saturated heterocycles. The Hall–Kier alpha value is -2.21. The molecule has 1 aliphatic rings. The minimum Gasteiger partial charge on any atom is -0.375 e. The van der Waals surface area contributed by atoms with Crippen molar-refractivity contribution in [2.24, 2.45) is 0 Å². The van der Waals surface area contributed by atoms with Gasteiger partial charge in [0.15, 0.2) is 11.0 Å². The van der Waals surface area contributed by atoms with Gasteiger partial charge in [-0.15, -0.1) is 0 Å². The maximum atomic E-state index is 5.73. The van der Waals surface area contributed by atoms with Gasteiger partial charge < -0.3 is 10.3 Å². The van der Waals surface area contributed by atoms with Gasteiger partial charge in [0.2, 0.25) is 0 Å². The van der Waals surface area contributed by atoms with Gasteiger partial charge in [0, 0.05) is 0 Å². The van der Waals surface area contributed by atoms with Gasteiger partial charge in [-0.1, -0.05) is 46.8 Å². The molecule has 0 unspecified atom stereocenters. The number of thiazole rings is 1. The summed E-state index contributed by atoms with van der Waals surface area (Å²) in [5, 5.41) is 4.73. The van der Waals surface area contributed by atoms with Crippen molar-refractivity contribution in [3.63, 3.8) is 0 Å². The molecular weight excluding hydrogens is 284 g/mol. The van der Waals surface area contributed by atoms with Crippen molar-refractivity contribution >= 4 is 16.5 Å². The number of aromatic nitrogens is 3. The Morgan fingerprint density at radius 1 is 1.19 bits per heavy atom. The van der Waals surface area contributed by atoms with Crippen molar-refractivity contribution in [3.8, 4) is 10.8 Å². The van der Waals surface area contributed by atoms with Crippen LogP contribution in [0.3, 0.4) is 0 Å². The van der Waals surface area contributed by atoms with Gasteiger partial charge in [-0.25, -0.2) is 4.98 Å². The quantitative estimate of drug-likeness (QED) is 0.803. The molecule has 4 rings (SSSR count). The normalized spacial score (nSPS) is 16.0. The van der Waals surface area contributed by atoms with E-state index in [0.717, 1.165) is 29.2 Å². The predicted molar refractivity (Wildman–Crippen MR) is 81.0 cm³/mol. The number of hydrogen-bond acceptors (Lipinski definition) is 6. The predicted octanol–water partition coefficient (Wildman–Crippen LogP) is 3.16. The summed E-state index contributed by atoms with van der Waals surface area (Å²) in [7, 11) is 0. The Labute approximate surface area is 125 Å². The molecule has 106 valence electrons. The number of benzene rings is 1. The van der Waals surface area contributed by atoms with Crippen LogP contribution < -0.4 is 5.73 Å². The molecule has 6 heteroatoms. The van der Waals surface area contributed by atoms with Gasteiger partial charge in [0.1, 0.15) is 4.88 Å². The molecule has 0 radical (unpaired) electrons. The standard InChI is InChI=1S/C15H14N4OS/c1-9-11(21-14(16)17-9)12-18-13(19-20-12)15(7-8-15)10-5-3-2-4-6-10/h2-6H,7-8H2,1H3,(H2,16,17). The minimum absolute atomic E-state index is 0.0762. The van der Waals surface area contributed by atoms with Crippen LogP contribution in [0.15, 0.2) is 34.9 Å². The molecule has 21 heavy (non-hydrogen) atoms. The summed E-state index contributed by atoms with van der Waals surface area (Å²) in [4.78, 5) is 9.66. The highest BCUT2D eigenvalue weighted by atomic mass is 32.1. The number of aryl methyl sites for hydroxylation is 1. The fourth-order valence-electron chi connectivity index (χ4n) is 2.65. The van der Waals surface area contributed by atoms with E-state index in [4.69, 9.17) is 10.3 Å². The first kappa shape index (κ1) is 12.5. The van der Waals surface area contributed by atoms with Gasteiger partial charge in [0.25, 0.3) is 5.89 Å². The lowest BCUT2D eigenvalue weighted by Crippen LogP contribution is -2.10. The third kappa shape index (κ3) is 1.94. The second kappa shape index (κ2) is 4.39. The average molecular weight is 298 g/mol. The van der Waals surface area contributed by atoms with Gasteiger partial charge in [-0.2, -0.15) is 4.98 Å². The van der Waals surface area contributed by atoms with E-state index in [9.17, 15) is 0 Å². The van der Waals surface area contributed by atoms with E-state index in [1.165, 1.54) is 16.9 Å². The first-order valence-electron chi connectivity index (χ1n) is 6.82. The molecule has 3 aromatic rings. The minimum atomic E-state index is -0.0762. The van der Waals surface area contributed by atoms with E-state index in [-0.39, 0.29) is 5.41 Å². The highest BCUT2D eigenvalue weighted by Crippen LogP contribution is 2.52. The highest BCUT2D eigenvalue weighted by molar-refractivity contribution is 7.18. The topological polar surface area (TPSA) is 77.8 Å². The van der Waals surface area contributed by atoms with Crippen molar-refractivity contribution in [3.05, 3.63) is 47.4 Å². The molecule has 1 aliphatic carbocycles. The molecule has 1 saturated carbocycles.